The van der Waals surface area contributed by atoms with Gasteiger partial charge in [-0.25, -0.2) is 0 Å². The molecule has 305 valence electrons. The fourth-order valence-electron chi connectivity index (χ4n) is 7.60. The molecule has 4 aromatic heterocycles. The van der Waals surface area contributed by atoms with Gasteiger partial charge in [-0.15, -0.1) is 18.2 Å². The third-order valence-electron chi connectivity index (χ3n) is 10.6. The summed E-state index contributed by atoms with van der Waals surface area (Å²) in [5, 5.41) is 4.06. The van der Waals surface area contributed by atoms with Crippen molar-refractivity contribution in [3.05, 3.63) is 175 Å². The van der Waals surface area contributed by atoms with E-state index >= 15 is 0 Å². The van der Waals surface area contributed by atoms with Crippen LogP contribution in [0.25, 0.3) is 88.6 Å². The minimum atomic E-state index is -2.50. The topological polar surface area (TPSA) is 52.1 Å². The number of aromatic nitrogens is 2. The largest absolute Gasteiger partial charge is 0 e. The molecule has 10 aromatic rings. The maximum Gasteiger partial charge on any atom is 0 e. The molecule has 6 heteroatoms. The van der Waals surface area contributed by atoms with Crippen LogP contribution in [0.3, 0.4) is 0 Å². The van der Waals surface area contributed by atoms with Crippen LogP contribution in [0.4, 0.5) is 0 Å². The normalized spacial score (nSPS) is 13.4. The van der Waals surface area contributed by atoms with Crippen LogP contribution in [-0.2, 0) is 26.5 Å². The molecule has 0 saturated carbocycles. The van der Waals surface area contributed by atoms with E-state index in [1.165, 1.54) is 16.2 Å². The Labute approximate surface area is 381 Å². The molecule has 0 atom stereocenters. The summed E-state index contributed by atoms with van der Waals surface area (Å²) in [7, 11) is 0. The van der Waals surface area contributed by atoms with E-state index in [-0.39, 0.29) is 31.2 Å². The number of rotatable bonds is 6. The second-order valence-electron chi connectivity index (χ2n) is 17.2. The predicted molar refractivity (Wildman–Crippen MR) is 253 cm³/mol. The van der Waals surface area contributed by atoms with Gasteiger partial charge < -0.3 is 9.40 Å². The van der Waals surface area contributed by atoms with Gasteiger partial charge in [0.1, 0.15) is 5.58 Å². The first-order valence-electron chi connectivity index (χ1n) is 22.7. The first-order valence-corrected chi connectivity index (χ1v) is 27.6. The number of para-hydroxylation sites is 1. The molecular weight excluding hydrogens is 985 g/mol. The summed E-state index contributed by atoms with van der Waals surface area (Å²) in [5.74, 6) is 7.16. The van der Waals surface area contributed by atoms with Crippen LogP contribution in [0.5, 0.6) is 0 Å². The quantitative estimate of drug-likeness (QED) is 0.123. The minimum absolute atomic E-state index is 0. The van der Waals surface area contributed by atoms with Crippen LogP contribution in [0.2, 0.25) is 17.3 Å². The Kier molecular flexibility index (Phi) is 10.1. The second kappa shape index (κ2) is 17.1. The molecule has 0 aliphatic heterocycles. The zero-order valence-electron chi connectivity index (χ0n) is 40.0. The maximum absolute atomic E-state index is 8.81. The third kappa shape index (κ3) is 8.79. The molecule has 61 heavy (non-hydrogen) atoms. The van der Waals surface area contributed by atoms with Crippen molar-refractivity contribution in [2.24, 2.45) is 5.41 Å². The number of hydrogen-bond donors (Lipinski definition) is 0. The van der Waals surface area contributed by atoms with Gasteiger partial charge in [0.05, 0.1) is 5.58 Å². The van der Waals surface area contributed by atoms with Gasteiger partial charge in [-0.2, -0.15) is 0 Å². The number of pyridine rings is 2. The fourth-order valence-corrected chi connectivity index (χ4v) is 9.77. The molecule has 10 rings (SSSR count). The standard InChI is InChI=1S/C29H26NO.C26H22GeNO.Ir/c1-19-18-30-26(15-22(19)17-29(2,3)4)25-12-8-11-24-23-14-13-21(16-27(23)31-28(24)25)20-9-6-5-7-10-20;1-27(2,3)20-13-14-23(28-17-20)19-15-22(18-9-5-4-6-10-18)26-21-11-7-8-12-24(21)29-25(26)16-19;/h5-11,13-16,18H,17H2,1-4H3;4-15,17H,1-3H3;/q2*-1;/i1D3,17D2;;. The number of hydrogen-bond acceptors (Lipinski definition) is 4. The Morgan fingerprint density at radius 1 is 0.672 bits per heavy atom. The van der Waals surface area contributed by atoms with Crippen LogP contribution < -0.4 is 4.40 Å². The van der Waals surface area contributed by atoms with E-state index in [4.69, 9.17) is 20.7 Å². The molecule has 0 amide bonds. The SMILES string of the molecule is [2H]C([2H])([2H])c1cnc(-c2[c-]ccc3c2oc2cc(-c4ccccc4)ccc23)cc1C([2H])([2H])C(C)(C)C.[CH3][Ge]([CH3])([CH3])[c]1ccc(-c2[c-]c3oc4ccccc4c3c(-c3ccccc3)c2)nc1.[Ir]. The van der Waals surface area contributed by atoms with E-state index in [2.05, 4.69) is 95.0 Å². The molecule has 6 aromatic carbocycles. The monoisotopic (exact) mass is 1040 g/mol. The van der Waals surface area contributed by atoms with E-state index in [9.17, 15) is 0 Å². The van der Waals surface area contributed by atoms with E-state index in [0.29, 0.717) is 16.8 Å². The van der Waals surface area contributed by atoms with Crippen molar-refractivity contribution in [3.8, 4) is 44.8 Å². The van der Waals surface area contributed by atoms with Gasteiger partial charge in [-0.3, -0.25) is 0 Å². The molecule has 0 saturated heterocycles. The van der Waals surface area contributed by atoms with Crippen molar-refractivity contribution in [3.63, 3.8) is 0 Å². The molecule has 0 spiro atoms. The Hall–Kier alpha value is -5.59. The van der Waals surface area contributed by atoms with Crippen LogP contribution in [-0.4, -0.2) is 23.2 Å². The average molecular weight is 1040 g/mol. The number of furan rings is 2. The Morgan fingerprint density at radius 3 is 2.10 bits per heavy atom. The van der Waals surface area contributed by atoms with Gasteiger partial charge in [-0.05, 0) is 47.1 Å². The first kappa shape index (κ1) is 36.1. The summed E-state index contributed by atoms with van der Waals surface area (Å²) in [6.45, 7) is 2.77. The van der Waals surface area contributed by atoms with Gasteiger partial charge in [0, 0.05) is 38.5 Å². The number of aryl methyl sites for hydroxylation is 1. The molecule has 4 heterocycles. The van der Waals surface area contributed by atoms with Crippen molar-refractivity contribution < 1.29 is 35.8 Å². The summed E-state index contributed by atoms with van der Waals surface area (Å²) < 4.78 is 55.4. The van der Waals surface area contributed by atoms with Gasteiger partial charge in [0.2, 0.25) is 0 Å². The minimum Gasteiger partial charge on any atom is 0 e. The van der Waals surface area contributed by atoms with E-state index in [1.54, 1.807) is 32.9 Å². The molecule has 4 nitrogen and oxygen atoms in total. The molecule has 0 bridgehead atoms. The molecule has 1 radical (unpaired) electrons. The third-order valence-corrected chi connectivity index (χ3v) is 14.9. The van der Waals surface area contributed by atoms with Crippen molar-refractivity contribution in [2.45, 2.75) is 51.3 Å². The van der Waals surface area contributed by atoms with Crippen molar-refractivity contribution in [2.75, 3.05) is 0 Å². The first-order chi connectivity index (χ1) is 30.9. The fraction of sp³-hybridized carbons (Fsp3) is 0.164. The molecule has 0 N–H and O–H groups in total. The van der Waals surface area contributed by atoms with E-state index in [0.717, 1.165) is 66.2 Å². The predicted octanol–water partition coefficient (Wildman–Crippen LogP) is 14.7. The Morgan fingerprint density at radius 2 is 1.39 bits per heavy atom. The van der Waals surface area contributed by atoms with Crippen LogP contribution >= 0.6 is 0 Å². The summed E-state index contributed by atoms with van der Waals surface area (Å²) in [6.07, 6.45) is 1.40. The van der Waals surface area contributed by atoms with E-state index < -0.39 is 31.9 Å². The van der Waals surface area contributed by atoms with Gasteiger partial charge in [-0.1, -0.05) is 85.8 Å². The van der Waals surface area contributed by atoms with Crippen LogP contribution in [0.1, 0.15) is 38.8 Å². The molecular formula is C55H48GeIrN2O2-2. The summed E-state index contributed by atoms with van der Waals surface area (Å²) in [6, 6.07) is 53.3. The molecule has 0 aliphatic rings. The van der Waals surface area contributed by atoms with Crippen molar-refractivity contribution in [1.29, 1.82) is 0 Å². The van der Waals surface area contributed by atoms with Crippen molar-refractivity contribution >= 4 is 61.5 Å². The zero-order valence-corrected chi connectivity index (χ0v) is 39.5. The van der Waals surface area contributed by atoms with Crippen LogP contribution in [0, 0.1) is 24.4 Å². The number of nitrogens with zero attached hydrogens (tertiary/aromatic N) is 2. The van der Waals surface area contributed by atoms with E-state index in [1.807, 2.05) is 72.9 Å². The Bertz CT molecular complexity index is 3350. The number of fused-ring (bicyclic) bond motifs is 6. The maximum atomic E-state index is 8.81. The smallest absolute Gasteiger partial charge is 0 e. The summed E-state index contributed by atoms with van der Waals surface area (Å²) in [5.41, 5.74) is 9.45. The molecule has 0 unspecified atom stereocenters. The summed E-state index contributed by atoms with van der Waals surface area (Å²) >= 11 is -1.89. The molecule has 0 aliphatic carbocycles. The second-order valence-corrected chi connectivity index (χ2v) is 27.9. The van der Waals surface area contributed by atoms with Crippen LogP contribution in [0.15, 0.2) is 161 Å². The average Bonchev–Trinajstić information content (AvgIpc) is 3.86. The zero-order chi connectivity index (χ0) is 45.9. The Balaban J connectivity index is 0.000000180. The van der Waals surface area contributed by atoms with Gasteiger partial charge in [0.15, 0.2) is 0 Å². The van der Waals surface area contributed by atoms with Crippen molar-refractivity contribution in [1.82, 2.24) is 9.97 Å². The van der Waals surface area contributed by atoms with Gasteiger partial charge >= 0.3 is 174 Å². The summed E-state index contributed by atoms with van der Waals surface area (Å²) in [4.78, 5) is 9.22. The molecule has 0 fully saturated rings. The number of benzene rings is 6. The van der Waals surface area contributed by atoms with Gasteiger partial charge in [0.25, 0.3) is 0 Å².